The van der Waals surface area contributed by atoms with Gasteiger partial charge in [-0.2, -0.15) is 11.8 Å². The number of hydrogen-bond donors (Lipinski definition) is 2. The lowest BCUT2D eigenvalue weighted by Crippen LogP contribution is -2.40. The predicted octanol–water partition coefficient (Wildman–Crippen LogP) is 2.44. The molecule has 0 saturated carbocycles. The average molecular weight is 267 g/mol. The Morgan fingerprint density at radius 3 is 2.83 bits per heavy atom. The number of benzene rings is 1. The molecule has 0 aliphatic heterocycles. The molecule has 1 rings (SSSR count). The lowest BCUT2D eigenvalue weighted by Gasteiger charge is -2.21. The minimum Gasteiger partial charge on any atom is -0.388 e. The van der Waals surface area contributed by atoms with E-state index in [1.165, 1.54) is 0 Å². The summed E-state index contributed by atoms with van der Waals surface area (Å²) in [6.07, 6.45) is 2.64. The van der Waals surface area contributed by atoms with E-state index in [9.17, 15) is 9.90 Å². The van der Waals surface area contributed by atoms with Gasteiger partial charge in [0.1, 0.15) is 0 Å². The Hall–Kier alpha value is -1.00. The number of nitrogens with one attached hydrogen (secondary N) is 1. The molecule has 0 aliphatic carbocycles. The van der Waals surface area contributed by atoms with Crippen molar-refractivity contribution in [1.29, 1.82) is 0 Å². The molecule has 1 aromatic carbocycles. The van der Waals surface area contributed by atoms with Crippen LogP contribution in [0.4, 0.5) is 0 Å². The highest BCUT2D eigenvalue weighted by atomic mass is 32.2. The second kappa shape index (κ2) is 6.81. The first-order valence-electron chi connectivity index (χ1n) is 6.07. The molecule has 2 N–H and O–H groups in total. The van der Waals surface area contributed by atoms with Gasteiger partial charge in [-0.15, -0.1) is 0 Å². The smallest absolute Gasteiger partial charge is 0.251 e. The van der Waals surface area contributed by atoms with Crippen molar-refractivity contribution < 1.29 is 9.90 Å². The topological polar surface area (TPSA) is 49.3 Å². The van der Waals surface area contributed by atoms with Gasteiger partial charge in [0.2, 0.25) is 0 Å². The molecule has 4 heteroatoms. The van der Waals surface area contributed by atoms with Crippen LogP contribution >= 0.6 is 11.8 Å². The molecule has 0 spiro atoms. The molecule has 1 aromatic rings. The maximum absolute atomic E-state index is 11.9. The van der Waals surface area contributed by atoms with Crippen LogP contribution < -0.4 is 5.32 Å². The van der Waals surface area contributed by atoms with Gasteiger partial charge < -0.3 is 10.4 Å². The van der Waals surface area contributed by atoms with Crippen LogP contribution in [0.25, 0.3) is 0 Å². The van der Waals surface area contributed by atoms with Gasteiger partial charge in [0.25, 0.3) is 5.91 Å². The third-order valence-corrected chi connectivity index (χ3v) is 3.51. The van der Waals surface area contributed by atoms with Crippen molar-refractivity contribution in [2.75, 3.05) is 12.8 Å². The Bertz CT molecular complexity index is 405. The first-order valence-corrected chi connectivity index (χ1v) is 7.46. The van der Waals surface area contributed by atoms with Gasteiger partial charge in [-0.05, 0) is 37.3 Å². The standard InChI is InChI=1S/C14H21NO2S/c1-4-14(2,17)10-15-13(16)12-7-5-6-11(8-12)9-18-3/h5-8,17H,4,9-10H2,1-3H3,(H,15,16). The van der Waals surface area contributed by atoms with E-state index in [0.717, 1.165) is 11.3 Å². The summed E-state index contributed by atoms with van der Waals surface area (Å²) in [7, 11) is 0. The van der Waals surface area contributed by atoms with Crippen molar-refractivity contribution in [3.63, 3.8) is 0 Å². The predicted molar refractivity (Wildman–Crippen MR) is 76.9 cm³/mol. The lowest BCUT2D eigenvalue weighted by molar-refractivity contribution is 0.0518. The summed E-state index contributed by atoms with van der Waals surface area (Å²) >= 11 is 1.72. The number of carbonyl (C=O) groups excluding carboxylic acids is 1. The van der Waals surface area contributed by atoms with Crippen LogP contribution in [0.1, 0.15) is 36.2 Å². The second-order valence-electron chi connectivity index (χ2n) is 4.67. The molecular formula is C14H21NO2S. The molecule has 3 nitrogen and oxygen atoms in total. The van der Waals surface area contributed by atoms with Crippen LogP contribution in [-0.4, -0.2) is 29.4 Å². The minimum absolute atomic E-state index is 0.133. The molecule has 1 atom stereocenters. The fourth-order valence-corrected chi connectivity index (χ4v) is 1.98. The van der Waals surface area contributed by atoms with Crippen molar-refractivity contribution in [2.24, 2.45) is 0 Å². The SMILES string of the molecule is CCC(C)(O)CNC(=O)c1cccc(CSC)c1. The minimum atomic E-state index is -0.841. The van der Waals surface area contributed by atoms with Crippen molar-refractivity contribution in [3.8, 4) is 0 Å². The molecule has 18 heavy (non-hydrogen) atoms. The second-order valence-corrected chi connectivity index (χ2v) is 5.53. The highest BCUT2D eigenvalue weighted by molar-refractivity contribution is 7.97. The van der Waals surface area contributed by atoms with Crippen molar-refractivity contribution in [2.45, 2.75) is 31.6 Å². The van der Waals surface area contributed by atoms with E-state index < -0.39 is 5.60 Å². The van der Waals surface area contributed by atoms with Crippen LogP contribution in [0, 0.1) is 0 Å². The Kier molecular flexibility index (Phi) is 5.69. The zero-order valence-corrected chi connectivity index (χ0v) is 12.0. The van der Waals surface area contributed by atoms with E-state index in [1.807, 2.05) is 31.4 Å². The summed E-state index contributed by atoms with van der Waals surface area (Å²) in [5.74, 6) is 0.764. The van der Waals surface area contributed by atoms with E-state index >= 15 is 0 Å². The van der Waals surface area contributed by atoms with Gasteiger partial charge in [-0.1, -0.05) is 19.1 Å². The molecular weight excluding hydrogens is 246 g/mol. The Balaban J connectivity index is 2.64. The van der Waals surface area contributed by atoms with Crippen LogP contribution in [0.5, 0.6) is 0 Å². The van der Waals surface area contributed by atoms with Gasteiger partial charge in [-0.3, -0.25) is 4.79 Å². The third-order valence-electron chi connectivity index (χ3n) is 2.89. The summed E-state index contributed by atoms with van der Waals surface area (Å²) in [5.41, 5.74) is 0.942. The molecule has 0 aliphatic rings. The Morgan fingerprint density at radius 2 is 2.22 bits per heavy atom. The molecule has 0 radical (unpaired) electrons. The zero-order valence-electron chi connectivity index (χ0n) is 11.2. The van der Waals surface area contributed by atoms with Gasteiger partial charge in [-0.25, -0.2) is 0 Å². The van der Waals surface area contributed by atoms with E-state index in [4.69, 9.17) is 0 Å². The van der Waals surface area contributed by atoms with Crippen molar-refractivity contribution in [3.05, 3.63) is 35.4 Å². The summed E-state index contributed by atoms with van der Waals surface area (Å²) in [6.45, 7) is 3.89. The fourth-order valence-electron chi connectivity index (χ4n) is 1.47. The molecule has 1 amide bonds. The monoisotopic (exact) mass is 267 g/mol. The maximum atomic E-state index is 11.9. The molecule has 1 unspecified atom stereocenters. The van der Waals surface area contributed by atoms with Gasteiger partial charge >= 0.3 is 0 Å². The highest BCUT2D eigenvalue weighted by Crippen LogP contribution is 2.12. The summed E-state index contributed by atoms with van der Waals surface area (Å²) < 4.78 is 0. The van der Waals surface area contributed by atoms with E-state index in [0.29, 0.717) is 12.0 Å². The van der Waals surface area contributed by atoms with E-state index in [2.05, 4.69) is 5.32 Å². The van der Waals surface area contributed by atoms with Crippen LogP contribution in [-0.2, 0) is 5.75 Å². The van der Waals surface area contributed by atoms with Gasteiger partial charge in [0.05, 0.1) is 5.60 Å². The van der Waals surface area contributed by atoms with Crippen molar-refractivity contribution in [1.82, 2.24) is 5.32 Å². The number of amides is 1. The molecule has 0 heterocycles. The summed E-state index contributed by atoms with van der Waals surface area (Å²) in [4.78, 5) is 11.9. The van der Waals surface area contributed by atoms with E-state index in [-0.39, 0.29) is 12.5 Å². The number of hydrogen-bond acceptors (Lipinski definition) is 3. The van der Waals surface area contributed by atoms with Gasteiger partial charge in [0, 0.05) is 17.9 Å². The van der Waals surface area contributed by atoms with Crippen LogP contribution in [0.15, 0.2) is 24.3 Å². The zero-order chi connectivity index (χ0) is 13.6. The van der Waals surface area contributed by atoms with Gasteiger partial charge in [0.15, 0.2) is 0 Å². The average Bonchev–Trinajstić information content (AvgIpc) is 2.37. The third kappa shape index (κ3) is 4.70. The molecule has 100 valence electrons. The quantitative estimate of drug-likeness (QED) is 0.832. The normalized spacial score (nSPS) is 14.0. The molecule has 0 fully saturated rings. The van der Waals surface area contributed by atoms with Crippen LogP contribution in [0.2, 0.25) is 0 Å². The summed E-state index contributed by atoms with van der Waals surface area (Å²) in [6, 6.07) is 7.58. The molecule has 0 bridgehead atoms. The Labute approximate surface area is 113 Å². The largest absolute Gasteiger partial charge is 0.388 e. The molecule has 0 aromatic heterocycles. The molecule has 0 saturated heterocycles. The van der Waals surface area contributed by atoms with Crippen molar-refractivity contribution >= 4 is 17.7 Å². The lowest BCUT2D eigenvalue weighted by atomic mass is 10.0. The number of thioether (sulfide) groups is 1. The first-order chi connectivity index (χ1) is 8.48. The Morgan fingerprint density at radius 1 is 1.50 bits per heavy atom. The maximum Gasteiger partial charge on any atom is 0.251 e. The van der Waals surface area contributed by atoms with E-state index in [1.54, 1.807) is 24.8 Å². The number of rotatable bonds is 6. The number of carbonyl (C=O) groups is 1. The summed E-state index contributed by atoms with van der Waals surface area (Å²) in [5, 5.41) is 12.6. The fraction of sp³-hybridized carbons (Fsp3) is 0.500. The van der Waals surface area contributed by atoms with Crippen LogP contribution in [0.3, 0.4) is 0 Å². The number of aliphatic hydroxyl groups is 1. The first kappa shape index (κ1) is 15.1. The highest BCUT2D eigenvalue weighted by Gasteiger charge is 2.18.